The molecule has 11 heteroatoms. The first kappa shape index (κ1) is 20.5. The number of amides is 2. The smallest absolute Gasteiger partial charge is 0.273 e. The molecule has 0 saturated carbocycles. The van der Waals surface area contributed by atoms with Crippen molar-refractivity contribution in [3.05, 3.63) is 39.1 Å². The third kappa shape index (κ3) is 4.36. The molecule has 1 saturated heterocycles. The van der Waals surface area contributed by atoms with Gasteiger partial charge in [0.25, 0.3) is 5.56 Å². The monoisotopic (exact) mass is 446 g/mol. The number of hydrogen-bond donors (Lipinski definition) is 2. The van der Waals surface area contributed by atoms with Crippen molar-refractivity contribution >= 4 is 50.0 Å². The summed E-state index contributed by atoms with van der Waals surface area (Å²) < 4.78 is 1.75. The number of hydrogen-bond acceptors (Lipinski definition) is 8. The normalized spacial score (nSPS) is 14.8. The molecule has 0 atom stereocenters. The van der Waals surface area contributed by atoms with Gasteiger partial charge in [-0.05, 0) is 24.3 Å². The number of thiazole rings is 1. The number of rotatable bonds is 6. The number of fused-ring (bicyclic) bond motifs is 1. The fourth-order valence-corrected chi connectivity index (χ4v) is 5.09. The Morgan fingerprint density at radius 1 is 1.30 bits per heavy atom. The number of nitrogens with one attached hydrogen (secondary N) is 2. The molecule has 3 aromatic rings. The van der Waals surface area contributed by atoms with Crippen LogP contribution in [0.2, 0.25) is 0 Å². The summed E-state index contributed by atoms with van der Waals surface area (Å²) in [6.45, 7) is 1.77. The third-order valence-corrected chi connectivity index (χ3v) is 7.08. The van der Waals surface area contributed by atoms with Crippen molar-refractivity contribution in [3.63, 3.8) is 0 Å². The lowest BCUT2D eigenvalue weighted by molar-refractivity contribution is -0.125. The third-order valence-electron chi connectivity index (χ3n) is 5.11. The van der Waals surface area contributed by atoms with Crippen LogP contribution in [0.25, 0.3) is 10.3 Å². The molecule has 1 fully saturated rings. The second kappa shape index (κ2) is 8.92. The van der Waals surface area contributed by atoms with E-state index in [0.717, 1.165) is 22.9 Å². The Bertz CT molecular complexity index is 1100. The zero-order chi connectivity index (χ0) is 21.1. The molecular formula is C19H22N6O3S2. The molecule has 2 amide bonds. The Balaban J connectivity index is 1.44. The van der Waals surface area contributed by atoms with Gasteiger partial charge in [0.15, 0.2) is 10.8 Å². The molecule has 4 heterocycles. The number of piperidine rings is 1. The Labute approximate surface area is 180 Å². The Morgan fingerprint density at radius 2 is 2.10 bits per heavy atom. The van der Waals surface area contributed by atoms with Crippen LogP contribution in [0.3, 0.4) is 0 Å². The molecular weight excluding hydrogens is 424 g/mol. The van der Waals surface area contributed by atoms with E-state index in [2.05, 4.69) is 25.5 Å². The van der Waals surface area contributed by atoms with Gasteiger partial charge < -0.3 is 15.5 Å². The van der Waals surface area contributed by atoms with Gasteiger partial charge in [0.1, 0.15) is 17.6 Å². The first-order chi connectivity index (χ1) is 14.5. The molecule has 30 heavy (non-hydrogen) atoms. The highest BCUT2D eigenvalue weighted by atomic mass is 32.1. The fourth-order valence-electron chi connectivity index (χ4n) is 3.43. The summed E-state index contributed by atoms with van der Waals surface area (Å²) in [5.41, 5.74) is 0.124. The summed E-state index contributed by atoms with van der Waals surface area (Å²) in [6.07, 6.45) is 2.87. The van der Waals surface area contributed by atoms with Gasteiger partial charge in [0.05, 0.1) is 6.54 Å². The van der Waals surface area contributed by atoms with Gasteiger partial charge in [-0.2, -0.15) is 4.98 Å². The molecule has 3 aromatic heterocycles. The van der Waals surface area contributed by atoms with Gasteiger partial charge in [-0.1, -0.05) is 17.4 Å². The number of aromatic nitrogens is 3. The summed E-state index contributed by atoms with van der Waals surface area (Å²) in [5.74, 6) is -0.155. The number of nitrogens with zero attached hydrogens (tertiary/aromatic N) is 4. The van der Waals surface area contributed by atoms with E-state index < -0.39 is 0 Å². The lowest BCUT2D eigenvalue weighted by atomic mass is 9.96. The molecule has 0 radical (unpaired) electrons. The van der Waals surface area contributed by atoms with Gasteiger partial charge in [0.2, 0.25) is 11.8 Å². The SMILES string of the molecule is CNC(=O)C1CCN(c2nc3ncn(CC(=O)NCc4cccs4)c(=O)c3s2)CC1. The number of carbonyl (C=O) groups is 2. The summed E-state index contributed by atoms with van der Waals surface area (Å²) in [5, 5.41) is 8.19. The fraction of sp³-hybridized carbons (Fsp3) is 0.421. The zero-order valence-electron chi connectivity index (χ0n) is 16.5. The van der Waals surface area contributed by atoms with E-state index in [-0.39, 0.29) is 29.8 Å². The highest BCUT2D eigenvalue weighted by Gasteiger charge is 2.26. The first-order valence-corrected chi connectivity index (χ1v) is 11.4. The van der Waals surface area contributed by atoms with Crippen LogP contribution < -0.4 is 21.1 Å². The molecule has 1 aliphatic rings. The molecule has 2 N–H and O–H groups in total. The topological polar surface area (TPSA) is 109 Å². The van der Waals surface area contributed by atoms with Crippen molar-refractivity contribution in [3.8, 4) is 0 Å². The van der Waals surface area contributed by atoms with Gasteiger partial charge in [-0.25, -0.2) is 4.98 Å². The van der Waals surface area contributed by atoms with E-state index >= 15 is 0 Å². The largest absolute Gasteiger partial charge is 0.359 e. The summed E-state index contributed by atoms with van der Waals surface area (Å²) in [6, 6.07) is 3.87. The average Bonchev–Trinajstić information content (AvgIpc) is 3.44. The highest BCUT2D eigenvalue weighted by Crippen LogP contribution is 2.29. The van der Waals surface area contributed by atoms with Gasteiger partial charge in [0, 0.05) is 30.9 Å². The van der Waals surface area contributed by atoms with Crippen LogP contribution in [0.15, 0.2) is 28.6 Å². The molecule has 0 bridgehead atoms. The van der Waals surface area contributed by atoms with Crippen LogP contribution >= 0.6 is 22.7 Å². The second-order valence-electron chi connectivity index (χ2n) is 7.06. The van der Waals surface area contributed by atoms with Crippen LogP contribution in [-0.4, -0.2) is 46.5 Å². The van der Waals surface area contributed by atoms with Crippen molar-refractivity contribution in [2.45, 2.75) is 25.9 Å². The highest BCUT2D eigenvalue weighted by molar-refractivity contribution is 7.22. The predicted octanol–water partition coefficient (Wildman–Crippen LogP) is 1.19. The molecule has 0 aromatic carbocycles. The minimum atomic E-state index is -0.268. The predicted molar refractivity (Wildman–Crippen MR) is 117 cm³/mol. The van der Waals surface area contributed by atoms with E-state index in [1.165, 1.54) is 22.2 Å². The minimum Gasteiger partial charge on any atom is -0.359 e. The molecule has 9 nitrogen and oxygen atoms in total. The van der Waals surface area contributed by atoms with E-state index in [9.17, 15) is 14.4 Å². The Hall–Kier alpha value is -2.79. The molecule has 0 spiro atoms. The van der Waals surface area contributed by atoms with E-state index in [1.54, 1.807) is 18.4 Å². The first-order valence-electron chi connectivity index (χ1n) is 9.66. The summed E-state index contributed by atoms with van der Waals surface area (Å²) in [4.78, 5) is 48.7. The van der Waals surface area contributed by atoms with Crippen LogP contribution in [0.1, 0.15) is 17.7 Å². The number of anilines is 1. The van der Waals surface area contributed by atoms with Gasteiger partial charge in [-0.3, -0.25) is 19.0 Å². The van der Waals surface area contributed by atoms with Crippen molar-refractivity contribution in [1.29, 1.82) is 0 Å². The van der Waals surface area contributed by atoms with E-state index in [0.29, 0.717) is 30.0 Å². The maximum absolute atomic E-state index is 12.8. The minimum absolute atomic E-state index is 0.0173. The zero-order valence-corrected chi connectivity index (χ0v) is 18.1. The number of carbonyl (C=O) groups excluding carboxylic acids is 2. The Kier molecular flexibility index (Phi) is 6.09. The molecule has 4 rings (SSSR count). The van der Waals surface area contributed by atoms with Crippen LogP contribution in [0.4, 0.5) is 5.13 Å². The molecule has 158 valence electrons. The van der Waals surface area contributed by atoms with Gasteiger partial charge >= 0.3 is 0 Å². The van der Waals surface area contributed by atoms with Gasteiger partial charge in [-0.15, -0.1) is 11.3 Å². The quantitative estimate of drug-likeness (QED) is 0.589. The van der Waals surface area contributed by atoms with Crippen molar-refractivity contribution in [2.75, 3.05) is 25.0 Å². The van der Waals surface area contributed by atoms with Crippen molar-refractivity contribution in [2.24, 2.45) is 5.92 Å². The Morgan fingerprint density at radius 3 is 2.80 bits per heavy atom. The average molecular weight is 447 g/mol. The molecule has 1 aliphatic heterocycles. The lowest BCUT2D eigenvalue weighted by Crippen LogP contribution is -2.39. The summed E-state index contributed by atoms with van der Waals surface area (Å²) in [7, 11) is 1.65. The maximum Gasteiger partial charge on any atom is 0.273 e. The lowest BCUT2D eigenvalue weighted by Gasteiger charge is -2.30. The second-order valence-corrected chi connectivity index (χ2v) is 9.07. The van der Waals surface area contributed by atoms with Crippen LogP contribution in [-0.2, 0) is 22.7 Å². The van der Waals surface area contributed by atoms with E-state index in [1.807, 2.05) is 17.5 Å². The molecule has 0 unspecified atom stereocenters. The number of thiophene rings is 1. The maximum atomic E-state index is 12.8. The van der Waals surface area contributed by atoms with Crippen molar-refractivity contribution < 1.29 is 9.59 Å². The molecule has 0 aliphatic carbocycles. The van der Waals surface area contributed by atoms with Crippen molar-refractivity contribution in [1.82, 2.24) is 25.2 Å². The standard InChI is InChI=1S/C19H22N6O3S2/c1-20-17(27)12-4-6-24(7-5-12)19-23-16-15(30-19)18(28)25(11-22-16)10-14(26)21-9-13-3-2-8-29-13/h2-3,8,11-12H,4-7,9-10H2,1H3,(H,20,27)(H,21,26). The summed E-state index contributed by atoms with van der Waals surface area (Å²) >= 11 is 2.85. The van der Waals surface area contributed by atoms with E-state index in [4.69, 9.17) is 0 Å². The van der Waals surface area contributed by atoms with Crippen LogP contribution in [0.5, 0.6) is 0 Å². The van der Waals surface area contributed by atoms with Crippen LogP contribution in [0, 0.1) is 5.92 Å².